The van der Waals surface area contributed by atoms with E-state index in [1.54, 1.807) is 19.1 Å². The molecule has 7 nitrogen and oxygen atoms in total. The smallest absolute Gasteiger partial charge is 0.344 e. The van der Waals surface area contributed by atoms with Crippen LogP contribution in [-0.4, -0.2) is 36.4 Å². The van der Waals surface area contributed by atoms with Crippen molar-refractivity contribution in [3.63, 3.8) is 0 Å². The normalized spacial score (nSPS) is 9.93. The van der Waals surface area contributed by atoms with Crippen molar-refractivity contribution in [2.75, 3.05) is 13.2 Å². The van der Waals surface area contributed by atoms with Gasteiger partial charge in [0, 0.05) is 22.7 Å². The number of benzene rings is 3. The van der Waals surface area contributed by atoms with Gasteiger partial charge in [0.25, 0.3) is 0 Å². The molecular formula is C22H21ClN2O5. The van der Waals surface area contributed by atoms with Crippen LogP contribution in [0, 0.1) is 5.41 Å². The molecule has 0 spiro atoms. The van der Waals surface area contributed by atoms with Crippen molar-refractivity contribution >= 4 is 40.5 Å². The van der Waals surface area contributed by atoms with Crippen molar-refractivity contribution in [2.24, 2.45) is 5.73 Å². The van der Waals surface area contributed by atoms with Crippen LogP contribution in [0.25, 0.3) is 10.8 Å². The number of hydrogen-bond acceptors (Lipinski definition) is 6. The van der Waals surface area contributed by atoms with E-state index in [9.17, 15) is 9.59 Å². The van der Waals surface area contributed by atoms with Gasteiger partial charge in [0.2, 0.25) is 5.91 Å². The predicted octanol–water partition coefficient (Wildman–Crippen LogP) is 3.92. The summed E-state index contributed by atoms with van der Waals surface area (Å²) >= 11 is 5.50. The summed E-state index contributed by atoms with van der Waals surface area (Å²) in [5.41, 5.74) is 6.06. The average Bonchev–Trinajstić information content (AvgIpc) is 2.74. The summed E-state index contributed by atoms with van der Waals surface area (Å²) in [5, 5.41) is 18.3. The summed E-state index contributed by atoms with van der Waals surface area (Å²) < 4.78 is 10.3. The number of nitrogens with two attached hydrogens (primary N) is 1. The second-order valence-electron chi connectivity index (χ2n) is 5.97. The molecule has 0 aliphatic rings. The molecule has 3 aromatic carbocycles. The van der Waals surface area contributed by atoms with Gasteiger partial charge in [0.15, 0.2) is 6.61 Å². The van der Waals surface area contributed by atoms with Gasteiger partial charge in [-0.2, -0.15) is 0 Å². The Morgan fingerprint density at radius 2 is 1.83 bits per heavy atom. The lowest BCUT2D eigenvalue weighted by atomic mass is 10.0. The number of rotatable bonds is 6. The molecule has 30 heavy (non-hydrogen) atoms. The van der Waals surface area contributed by atoms with Gasteiger partial charge in [-0.1, -0.05) is 35.9 Å². The van der Waals surface area contributed by atoms with Crippen molar-refractivity contribution in [3.05, 3.63) is 70.7 Å². The van der Waals surface area contributed by atoms with Crippen LogP contribution in [0.5, 0.6) is 11.5 Å². The maximum Gasteiger partial charge on any atom is 0.344 e. The number of esters is 1. The number of hydrogen-bond donors (Lipinski definition) is 3. The minimum atomic E-state index is -0.563. The topological polar surface area (TPSA) is 123 Å². The number of halogens is 1. The van der Waals surface area contributed by atoms with Gasteiger partial charge in [-0.15, -0.1) is 0 Å². The van der Waals surface area contributed by atoms with E-state index >= 15 is 0 Å². The third-order valence-corrected chi connectivity index (χ3v) is 4.26. The lowest BCUT2D eigenvalue weighted by Crippen LogP contribution is -2.14. The van der Waals surface area contributed by atoms with E-state index in [1.165, 1.54) is 24.4 Å². The Bertz CT molecular complexity index is 1070. The zero-order chi connectivity index (χ0) is 22.1. The Labute approximate surface area is 178 Å². The summed E-state index contributed by atoms with van der Waals surface area (Å²) in [4.78, 5) is 21.8. The summed E-state index contributed by atoms with van der Waals surface area (Å²) in [6.45, 7) is 1.99. The third kappa shape index (κ3) is 5.96. The molecule has 3 aromatic rings. The zero-order valence-electron chi connectivity index (χ0n) is 16.2. The highest BCUT2D eigenvalue weighted by Gasteiger charge is 2.08. The van der Waals surface area contributed by atoms with Crippen LogP contribution in [0.4, 0.5) is 0 Å². The number of nitrogens with one attached hydrogen (secondary N) is 1. The van der Waals surface area contributed by atoms with E-state index in [0.29, 0.717) is 12.4 Å². The molecule has 0 bridgehead atoms. The van der Waals surface area contributed by atoms with Crippen LogP contribution in [0.2, 0.25) is 5.02 Å². The Hall–Kier alpha value is -3.58. The molecule has 3 rings (SSSR count). The minimum absolute atomic E-state index is 0.0586. The highest BCUT2D eigenvalue weighted by atomic mass is 35.5. The number of ether oxygens (including phenoxy) is 2. The van der Waals surface area contributed by atoms with Crippen molar-refractivity contribution in [3.8, 4) is 11.5 Å². The largest absolute Gasteiger partial charge is 0.506 e. The van der Waals surface area contributed by atoms with E-state index in [1.807, 2.05) is 24.3 Å². The summed E-state index contributed by atoms with van der Waals surface area (Å²) in [5.74, 6) is -0.388. The van der Waals surface area contributed by atoms with E-state index < -0.39 is 5.91 Å². The van der Waals surface area contributed by atoms with Gasteiger partial charge >= 0.3 is 5.97 Å². The standard InChI is InChI=1S/C15H15NO3.C7H6ClNO2/c1-2-18-15(17)10-19-14-8-7-11(9-16)12-5-3-4-6-13(12)14;8-5-3-4(7(9)11)1-2-6(5)10/h3-9,16H,2,10H2,1H3;1-3,10H,(H2,9,11). The summed E-state index contributed by atoms with van der Waals surface area (Å²) in [6, 6.07) is 15.2. The first kappa shape index (κ1) is 22.7. The fourth-order valence-corrected chi connectivity index (χ4v) is 2.73. The summed E-state index contributed by atoms with van der Waals surface area (Å²) in [6.07, 6.45) is 1.30. The quantitative estimate of drug-likeness (QED) is 0.405. The predicted molar refractivity (Wildman–Crippen MR) is 116 cm³/mol. The SMILES string of the molecule is CCOC(=O)COc1ccc(C=N)c2ccccc12.NC(=O)c1ccc(O)c(Cl)c1. The molecule has 0 saturated carbocycles. The van der Waals surface area contributed by atoms with Crippen LogP contribution in [0.15, 0.2) is 54.6 Å². The van der Waals surface area contributed by atoms with Gasteiger partial charge in [0.05, 0.1) is 11.6 Å². The fourth-order valence-electron chi connectivity index (χ4n) is 2.55. The first-order chi connectivity index (χ1) is 14.4. The molecular weight excluding hydrogens is 408 g/mol. The molecule has 0 aromatic heterocycles. The second kappa shape index (κ2) is 10.8. The Kier molecular flexibility index (Phi) is 8.19. The lowest BCUT2D eigenvalue weighted by Gasteiger charge is -2.10. The van der Waals surface area contributed by atoms with E-state index in [0.717, 1.165) is 16.3 Å². The molecule has 0 aliphatic heterocycles. The Morgan fingerprint density at radius 1 is 1.13 bits per heavy atom. The number of carbonyl (C=O) groups is 2. The van der Waals surface area contributed by atoms with Gasteiger partial charge in [-0.25, -0.2) is 4.79 Å². The molecule has 1 amide bonds. The number of carbonyl (C=O) groups excluding carboxylic acids is 2. The molecule has 0 saturated heterocycles. The zero-order valence-corrected chi connectivity index (χ0v) is 17.0. The van der Waals surface area contributed by atoms with Crippen LogP contribution < -0.4 is 10.5 Å². The monoisotopic (exact) mass is 428 g/mol. The fraction of sp³-hybridized carbons (Fsp3) is 0.136. The maximum absolute atomic E-state index is 11.3. The van der Waals surface area contributed by atoms with Crippen LogP contribution in [0.3, 0.4) is 0 Å². The Morgan fingerprint density at radius 3 is 2.43 bits per heavy atom. The number of phenols is 1. The van der Waals surface area contributed by atoms with Crippen molar-refractivity contribution < 1.29 is 24.2 Å². The first-order valence-corrected chi connectivity index (χ1v) is 9.34. The minimum Gasteiger partial charge on any atom is -0.506 e. The summed E-state index contributed by atoms with van der Waals surface area (Å²) in [7, 11) is 0. The van der Waals surface area contributed by atoms with Crippen LogP contribution >= 0.6 is 11.6 Å². The molecule has 4 N–H and O–H groups in total. The maximum atomic E-state index is 11.3. The first-order valence-electron chi connectivity index (χ1n) is 8.96. The van der Waals surface area contributed by atoms with Gasteiger partial charge in [0.1, 0.15) is 11.5 Å². The van der Waals surface area contributed by atoms with Gasteiger partial charge in [-0.05, 0) is 42.6 Å². The van der Waals surface area contributed by atoms with Gasteiger partial charge < -0.3 is 25.7 Å². The highest BCUT2D eigenvalue weighted by Crippen LogP contribution is 2.27. The number of phenolic OH excluding ortho intramolecular Hbond substituents is 1. The Balaban J connectivity index is 0.000000248. The van der Waals surface area contributed by atoms with Gasteiger partial charge in [-0.3, -0.25) is 4.79 Å². The lowest BCUT2D eigenvalue weighted by molar-refractivity contribution is -0.145. The molecule has 0 unspecified atom stereocenters. The van der Waals surface area contributed by atoms with Crippen LogP contribution in [-0.2, 0) is 9.53 Å². The number of primary amides is 1. The van der Waals surface area contributed by atoms with Crippen molar-refractivity contribution in [2.45, 2.75) is 6.92 Å². The molecule has 8 heteroatoms. The molecule has 0 atom stereocenters. The highest BCUT2D eigenvalue weighted by molar-refractivity contribution is 6.32. The van der Waals surface area contributed by atoms with E-state index in [-0.39, 0.29) is 28.9 Å². The molecule has 156 valence electrons. The molecule has 0 radical (unpaired) electrons. The number of aromatic hydroxyl groups is 1. The van der Waals surface area contributed by atoms with Crippen LogP contribution in [0.1, 0.15) is 22.8 Å². The molecule has 0 aliphatic carbocycles. The van der Waals surface area contributed by atoms with Crippen molar-refractivity contribution in [1.82, 2.24) is 0 Å². The number of amides is 1. The van der Waals surface area contributed by atoms with E-state index in [2.05, 4.69) is 0 Å². The third-order valence-electron chi connectivity index (χ3n) is 3.96. The van der Waals surface area contributed by atoms with Crippen molar-refractivity contribution in [1.29, 1.82) is 5.41 Å². The number of fused-ring (bicyclic) bond motifs is 1. The van der Waals surface area contributed by atoms with E-state index in [4.69, 9.17) is 37.3 Å². The molecule has 0 heterocycles. The second-order valence-corrected chi connectivity index (χ2v) is 6.37. The average molecular weight is 429 g/mol. The molecule has 0 fully saturated rings.